The normalized spacial score (nSPS) is 12.1. The lowest BCUT2D eigenvalue weighted by molar-refractivity contribution is -0.117. The van der Waals surface area contributed by atoms with E-state index in [-0.39, 0.29) is 11.6 Å². The summed E-state index contributed by atoms with van der Waals surface area (Å²) in [6.07, 6.45) is 1.37. The maximum absolute atomic E-state index is 12.3. The predicted molar refractivity (Wildman–Crippen MR) is 95.9 cm³/mol. The van der Waals surface area contributed by atoms with Gasteiger partial charge in [-0.2, -0.15) is 5.26 Å². The molecule has 0 aliphatic heterocycles. The third kappa shape index (κ3) is 4.37. The average Bonchev–Trinajstić information content (AvgIpc) is 2.59. The van der Waals surface area contributed by atoms with E-state index in [1.807, 2.05) is 62.4 Å². The molecule has 0 aromatic heterocycles. The van der Waals surface area contributed by atoms with Gasteiger partial charge in [-0.25, -0.2) is 0 Å². The number of nitrogens with two attached hydrogens (primary N) is 1. The van der Waals surface area contributed by atoms with Gasteiger partial charge in [-0.1, -0.05) is 36.4 Å². The Morgan fingerprint density at radius 3 is 2.62 bits per heavy atom. The lowest BCUT2D eigenvalue weighted by Crippen LogP contribution is -2.28. The van der Waals surface area contributed by atoms with Crippen molar-refractivity contribution in [3.63, 3.8) is 0 Å². The molecule has 2 aromatic carbocycles. The summed E-state index contributed by atoms with van der Waals surface area (Å²) < 4.78 is 0. The van der Waals surface area contributed by atoms with Crippen molar-refractivity contribution < 1.29 is 4.79 Å². The van der Waals surface area contributed by atoms with Crippen LogP contribution in [0.5, 0.6) is 0 Å². The van der Waals surface area contributed by atoms with Gasteiger partial charge in [0.1, 0.15) is 11.6 Å². The molecule has 1 atom stereocenters. The molecule has 5 heteroatoms. The summed E-state index contributed by atoms with van der Waals surface area (Å²) in [5, 5.41) is 15.0. The molecule has 24 heavy (non-hydrogen) atoms. The predicted octanol–water partition coefficient (Wildman–Crippen LogP) is 3.27. The van der Waals surface area contributed by atoms with Crippen molar-refractivity contribution in [3.8, 4) is 6.07 Å². The average molecular weight is 320 g/mol. The van der Waals surface area contributed by atoms with Gasteiger partial charge in [0.15, 0.2) is 0 Å². The monoisotopic (exact) mass is 320 g/mol. The van der Waals surface area contributed by atoms with Crippen LogP contribution in [0.1, 0.15) is 24.1 Å². The van der Waals surface area contributed by atoms with Crippen LogP contribution < -0.4 is 16.4 Å². The third-order valence-electron chi connectivity index (χ3n) is 3.59. The number of nitrogen functional groups attached to an aromatic ring is 1. The van der Waals surface area contributed by atoms with E-state index in [2.05, 4.69) is 10.6 Å². The summed E-state index contributed by atoms with van der Waals surface area (Å²) in [5.74, 6) is -0.437. The van der Waals surface area contributed by atoms with Crippen LogP contribution in [-0.2, 0) is 4.79 Å². The van der Waals surface area contributed by atoms with Crippen LogP contribution in [0, 0.1) is 18.3 Å². The second-order valence-corrected chi connectivity index (χ2v) is 5.51. The molecule has 5 nitrogen and oxygen atoms in total. The minimum atomic E-state index is -0.437. The van der Waals surface area contributed by atoms with Crippen molar-refractivity contribution in [1.82, 2.24) is 5.32 Å². The number of carbonyl (C=O) groups excluding carboxylic acids is 1. The highest BCUT2D eigenvalue weighted by molar-refractivity contribution is 5.97. The van der Waals surface area contributed by atoms with Gasteiger partial charge >= 0.3 is 0 Å². The van der Waals surface area contributed by atoms with Crippen LogP contribution in [0.3, 0.4) is 0 Å². The number of benzene rings is 2. The Kier molecular flexibility index (Phi) is 5.58. The Hall–Kier alpha value is -3.26. The summed E-state index contributed by atoms with van der Waals surface area (Å²) in [5.41, 5.74) is 9.07. The first kappa shape index (κ1) is 17.1. The zero-order valence-corrected chi connectivity index (χ0v) is 13.7. The fourth-order valence-electron chi connectivity index (χ4n) is 2.19. The molecule has 4 N–H and O–H groups in total. The van der Waals surface area contributed by atoms with E-state index >= 15 is 0 Å². The molecular weight excluding hydrogens is 300 g/mol. The van der Waals surface area contributed by atoms with Gasteiger partial charge in [0.25, 0.3) is 5.91 Å². The molecular formula is C19H20N4O. The first-order chi connectivity index (χ1) is 11.5. The number of hydrogen-bond acceptors (Lipinski definition) is 4. The van der Waals surface area contributed by atoms with Crippen LogP contribution in [0.25, 0.3) is 0 Å². The molecule has 0 aliphatic carbocycles. The molecule has 1 amide bonds. The summed E-state index contributed by atoms with van der Waals surface area (Å²) in [4.78, 5) is 12.3. The fraction of sp³-hybridized carbons (Fsp3) is 0.158. The highest BCUT2D eigenvalue weighted by Crippen LogP contribution is 2.20. The summed E-state index contributed by atoms with van der Waals surface area (Å²) in [6, 6.07) is 16.8. The quantitative estimate of drug-likeness (QED) is 0.448. The number of anilines is 2. The van der Waals surface area contributed by atoms with Gasteiger partial charge in [0.2, 0.25) is 0 Å². The molecule has 0 fully saturated rings. The Labute approximate surface area is 141 Å². The van der Waals surface area contributed by atoms with Crippen LogP contribution in [0.2, 0.25) is 0 Å². The number of aryl methyl sites for hydroxylation is 1. The van der Waals surface area contributed by atoms with E-state index in [9.17, 15) is 10.1 Å². The van der Waals surface area contributed by atoms with Gasteiger partial charge in [-0.3, -0.25) is 4.79 Å². The maximum atomic E-state index is 12.3. The highest BCUT2D eigenvalue weighted by Gasteiger charge is 2.13. The Bertz CT molecular complexity index is 791. The number of nitrogens with zero attached hydrogens (tertiary/aromatic N) is 1. The standard InChI is InChI=1S/C19H20N4O/c1-13-8-9-17(21)18(10-13)22-12-16(11-20)19(24)23-14(2)15-6-4-3-5-7-15/h3-10,12,14,22H,21H2,1-2H3,(H,23,24)/b16-12-. The first-order valence-corrected chi connectivity index (χ1v) is 7.60. The highest BCUT2D eigenvalue weighted by atomic mass is 16.1. The van der Waals surface area contributed by atoms with E-state index in [1.54, 1.807) is 6.07 Å². The Balaban J connectivity index is 2.08. The SMILES string of the molecule is Cc1ccc(N)c(N/C=C(/C#N)C(=O)NC(C)c2ccccc2)c1. The van der Waals surface area contributed by atoms with Crippen molar-refractivity contribution >= 4 is 17.3 Å². The van der Waals surface area contributed by atoms with Gasteiger partial charge in [-0.15, -0.1) is 0 Å². The third-order valence-corrected chi connectivity index (χ3v) is 3.59. The van der Waals surface area contributed by atoms with E-state index < -0.39 is 5.91 Å². The van der Waals surface area contributed by atoms with Crippen molar-refractivity contribution in [2.75, 3.05) is 11.1 Å². The lowest BCUT2D eigenvalue weighted by Gasteiger charge is -2.14. The number of rotatable bonds is 5. The second kappa shape index (κ2) is 7.84. The Morgan fingerprint density at radius 2 is 1.96 bits per heavy atom. The van der Waals surface area contributed by atoms with Crippen molar-refractivity contribution in [3.05, 3.63) is 71.4 Å². The van der Waals surface area contributed by atoms with E-state index in [4.69, 9.17) is 5.73 Å². The minimum absolute atomic E-state index is 0.0151. The summed E-state index contributed by atoms with van der Waals surface area (Å²) in [6.45, 7) is 3.81. The van der Waals surface area contributed by atoms with Crippen molar-refractivity contribution in [2.45, 2.75) is 19.9 Å². The Morgan fingerprint density at radius 1 is 1.25 bits per heavy atom. The van der Waals surface area contributed by atoms with Gasteiger partial charge < -0.3 is 16.4 Å². The lowest BCUT2D eigenvalue weighted by atomic mass is 10.1. The van der Waals surface area contributed by atoms with E-state index in [1.165, 1.54) is 6.20 Å². The van der Waals surface area contributed by atoms with Crippen LogP contribution in [0.4, 0.5) is 11.4 Å². The molecule has 0 spiro atoms. The second-order valence-electron chi connectivity index (χ2n) is 5.51. The topological polar surface area (TPSA) is 90.9 Å². The molecule has 0 saturated heterocycles. The molecule has 0 heterocycles. The molecule has 0 radical (unpaired) electrons. The smallest absolute Gasteiger partial charge is 0.263 e. The molecule has 1 unspecified atom stereocenters. The molecule has 0 saturated carbocycles. The van der Waals surface area contributed by atoms with E-state index in [0.29, 0.717) is 11.4 Å². The number of carbonyl (C=O) groups is 1. The maximum Gasteiger partial charge on any atom is 0.263 e. The molecule has 0 bridgehead atoms. The van der Waals surface area contributed by atoms with Crippen LogP contribution in [-0.4, -0.2) is 5.91 Å². The van der Waals surface area contributed by atoms with Crippen LogP contribution in [0.15, 0.2) is 60.3 Å². The van der Waals surface area contributed by atoms with Gasteiger partial charge in [-0.05, 0) is 37.1 Å². The van der Waals surface area contributed by atoms with Gasteiger partial charge in [0, 0.05) is 6.20 Å². The molecule has 122 valence electrons. The first-order valence-electron chi connectivity index (χ1n) is 7.60. The van der Waals surface area contributed by atoms with Crippen molar-refractivity contribution in [2.24, 2.45) is 0 Å². The molecule has 0 aliphatic rings. The number of hydrogen-bond donors (Lipinski definition) is 3. The number of nitrogens with one attached hydrogen (secondary N) is 2. The minimum Gasteiger partial charge on any atom is -0.397 e. The molecule has 2 rings (SSSR count). The van der Waals surface area contributed by atoms with Gasteiger partial charge in [0.05, 0.1) is 17.4 Å². The fourth-order valence-corrected chi connectivity index (χ4v) is 2.19. The number of amides is 1. The summed E-state index contributed by atoms with van der Waals surface area (Å²) >= 11 is 0. The largest absolute Gasteiger partial charge is 0.397 e. The number of nitriles is 1. The molecule has 2 aromatic rings. The van der Waals surface area contributed by atoms with Crippen LogP contribution >= 0.6 is 0 Å². The zero-order valence-electron chi connectivity index (χ0n) is 13.7. The van der Waals surface area contributed by atoms with E-state index in [0.717, 1.165) is 11.1 Å². The summed E-state index contributed by atoms with van der Waals surface area (Å²) in [7, 11) is 0. The zero-order chi connectivity index (χ0) is 17.5. The van der Waals surface area contributed by atoms with Crippen molar-refractivity contribution in [1.29, 1.82) is 5.26 Å².